The second kappa shape index (κ2) is 20.6. The zero-order valence-corrected chi connectivity index (χ0v) is 22.6. The van der Waals surface area contributed by atoms with Gasteiger partial charge >= 0.3 is 29.4 Å². The van der Waals surface area contributed by atoms with Crippen molar-refractivity contribution in [2.75, 3.05) is 0 Å². The molecule has 0 bridgehead atoms. The third-order valence-corrected chi connectivity index (χ3v) is 3.69. The summed E-state index contributed by atoms with van der Waals surface area (Å²) in [6, 6.07) is 7.26. The minimum atomic E-state index is -4.92. The second-order valence-electron chi connectivity index (χ2n) is 7.09. The number of hydrogen-bond acceptors (Lipinski definition) is 10. The van der Waals surface area contributed by atoms with Crippen molar-refractivity contribution in [2.24, 2.45) is 10.3 Å². The average molecular weight is 642 g/mol. The zero-order valence-electron chi connectivity index (χ0n) is 21.7. The smallest absolute Gasteiger partial charge is 0.869 e. The van der Waals surface area contributed by atoms with Crippen LogP contribution in [0.1, 0.15) is 38.8 Å². The van der Waals surface area contributed by atoms with Crippen LogP contribution >= 0.6 is 0 Å². The molecular weight excluding hydrogens is 618 g/mol. The van der Waals surface area contributed by atoms with Crippen LogP contribution in [0.15, 0.2) is 83.0 Å². The predicted octanol–water partition coefficient (Wildman–Crippen LogP) is 3.32. The summed E-state index contributed by atoms with van der Waals surface area (Å²) in [6.45, 7) is 5.20. The van der Waals surface area contributed by atoms with Crippen LogP contribution in [-0.4, -0.2) is 55.7 Å². The molecule has 0 atom stereocenters. The molecular formula is C24H24CuF6N4O6. The summed E-state index contributed by atoms with van der Waals surface area (Å²) in [5.74, 6) is -6.02. The van der Waals surface area contributed by atoms with Crippen molar-refractivity contribution < 1.29 is 73.6 Å². The van der Waals surface area contributed by atoms with Gasteiger partial charge in [-0.1, -0.05) is 10.3 Å². The van der Waals surface area contributed by atoms with Crippen LogP contribution in [0.25, 0.3) is 0 Å². The van der Waals surface area contributed by atoms with E-state index in [2.05, 4.69) is 20.3 Å². The third kappa shape index (κ3) is 21.3. The van der Waals surface area contributed by atoms with Gasteiger partial charge in [-0.05, 0) is 75.6 Å². The van der Waals surface area contributed by atoms with Crippen LogP contribution in [0.3, 0.4) is 0 Å². The van der Waals surface area contributed by atoms with E-state index in [-0.39, 0.29) is 29.2 Å². The van der Waals surface area contributed by atoms with E-state index in [1.807, 2.05) is 12.1 Å². The number of hydrogen-bond donors (Lipinski definition) is 2. The minimum Gasteiger partial charge on any atom is -0.869 e. The Balaban J connectivity index is -0.000000466. The number of allylic oxidation sites excluding steroid dienone is 4. The van der Waals surface area contributed by atoms with Crippen molar-refractivity contribution in [1.82, 2.24) is 9.97 Å². The van der Waals surface area contributed by atoms with Crippen LogP contribution in [-0.2, 0) is 26.7 Å². The Labute approximate surface area is 240 Å². The molecule has 2 aromatic rings. The molecule has 2 rings (SSSR count). The quantitative estimate of drug-likeness (QED) is 0.0974. The molecule has 0 aliphatic rings. The molecule has 17 heteroatoms. The number of oxime groups is 2. The molecule has 2 heterocycles. The summed E-state index contributed by atoms with van der Waals surface area (Å²) in [7, 11) is 0. The van der Waals surface area contributed by atoms with E-state index in [0.717, 1.165) is 25.0 Å². The number of halogens is 6. The average Bonchev–Trinajstić information content (AvgIpc) is 2.88. The van der Waals surface area contributed by atoms with E-state index in [1.165, 1.54) is 0 Å². The number of pyridine rings is 2. The molecule has 10 nitrogen and oxygen atoms in total. The molecule has 0 aliphatic carbocycles. The number of carbonyl (C=O) groups excluding carboxylic acids is 2. The molecule has 0 amide bonds. The van der Waals surface area contributed by atoms with Gasteiger partial charge in [-0.3, -0.25) is 19.6 Å². The maximum absolute atomic E-state index is 11.3. The Morgan fingerprint density at radius 3 is 1.17 bits per heavy atom. The first-order valence-electron chi connectivity index (χ1n) is 10.5. The first-order chi connectivity index (χ1) is 18.4. The molecule has 0 saturated heterocycles. The van der Waals surface area contributed by atoms with Gasteiger partial charge in [0.1, 0.15) is 0 Å². The normalized spacial score (nSPS) is 12.1. The van der Waals surface area contributed by atoms with Crippen molar-refractivity contribution in [3.8, 4) is 0 Å². The van der Waals surface area contributed by atoms with E-state index in [4.69, 9.17) is 10.4 Å². The third-order valence-electron chi connectivity index (χ3n) is 3.69. The van der Waals surface area contributed by atoms with Gasteiger partial charge in [0.05, 0.1) is 11.4 Å². The number of alkyl halides is 6. The Kier molecular flexibility index (Phi) is 20.8. The standard InChI is InChI=1S/2C7H8N2O.2C5H5F3O2.Cu/c2*1-6(9-10)7-3-2-4-8-5-7;2*1-3(9)2-4(10)5(6,7)8;/h2*2-5,10H,1H3;2*2,10H,1H3;/q;;;;+2/p-2/b2*9-6+;2*4-2-;. The number of rotatable bonds is 4. The molecule has 229 valence electrons. The van der Waals surface area contributed by atoms with Crippen molar-refractivity contribution in [3.63, 3.8) is 0 Å². The van der Waals surface area contributed by atoms with Gasteiger partial charge in [0.2, 0.25) is 0 Å². The number of ketones is 2. The summed E-state index contributed by atoms with van der Waals surface area (Å²) >= 11 is 0. The summed E-state index contributed by atoms with van der Waals surface area (Å²) in [5.41, 5.74) is 2.83. The van der Waals surface area contributed by atoms with E-state index < -0.39 is 35.4 Å². The Morgan fingerprint density at radius 2 is 1.02 bits per heavy atom. The summed E-state index contributed by atoms with van der Waals surface area (Å²) in [6.07, 6.45) is -3.18. The van der Waals surface area contributed by atoms with Gasteiger partial charge < -0.3 is 20.6 Å². The van der Waals surface area contributed by atoms with Gasteiger partial charge in [-0.2, -0.15) is 26.3 Å². The fraction of sp³-hybridized carbons (Fsp3) is 0.250. The largest absolute Gasteiger partial charge is 2.00 e. The number of carbonyl (C=O) groups is 2. The van der Waals surface area contributed by atoms with Crippen LogP contribution in [0, 0.1) is 0 Å². The second-order valence-corrected chi connectivity index (χ2v) is 7.09. The predicted molar refractivity (Wildman–Crippen MR) is 126 cm³/mol. The molecule has 0 aromatic carbocycles. The van der Waals surface area contributed by atoms with Gasteiger partial charge in [0, 0.05) is 35.9 Å². The van der Waals surface area contributed by atoms with E-state index in [0.29, 0.717) is 11.4 Å². The summed E-state index contributed by atoms with van der Waals surface area (Å²) in [5, 5.41) is 42.5. The maximum Gasteiger partial charge on any atom is 2.00 e. The van der Waals surface area contributed by atoms with Gasteiger partial charge in [0.15, 0.2) is 11.6 Å². The van der Waals surface area contributed by atoms with Crippen LogP contribution in [0.5, 0.6) is 0 Å². The Hall–Kier alpha value is -4.24. The molecule has 0 saturated carbocycles. The SMILES string of the molecule is C/C(=N\O)c1cccnc1.C/C(=N\O)c1cccnc1.CC(=O)/C=C(\[O-])C(F)(F)F.CC(=O)/C=C(\[O-])C(F)(F)F.[Cu+2]. The topological polar surface area (TPSA) is 171 Å². The molecule has 0 aliphatic heterocycles. The summed E-state index contributed by atoms with van der Waals surface area (Å²) < 4.78 is 67.7. The zero-order chi connectivity index (χ0) is 31.5. The fourth-order valence-electron chi connectivity index (χ4n) is 1.80. The maximum atomic E-state index is 11.3. The first-order valence-corrected chi connectivity index (χ1v) is 10.5. The van der Waals surface area contributed by atoms with Gasteiger partial charge in [0.25, 0.3) is 0 Å². The minimum absolute atomic E-state index is 0. The molecule has 1 radical (unpaired) electrons. The number of nitrogens with zero attached hydrogens (tertiary/aromatic N) is 4. The van der Waals surface area contributed by atoms with Crippen molar-refractivity contribution in [2.45, 2.75) is 40.0 Å². The molecule has 0 spiro atoms. The van der Waals surface area contributed by atoms with Crippen LogP contribution in [0.4, 0.5) is 26.3 Å². The van der Waals surface area contributed by atoms with Crippen LogP contribution < -0.4 is 10.2 Å². The summed E-state index contributed by atoms with van der Waals surface area (Å²) in [4.78, 5) is 27.6. The van der Waals surface area contributed by atoms with Crippen molar-refractivity contribution in [3.05, 3.63) is 83.9 Å². The molecule has 2 aromatic heterocycles. The van der Waals surface area contributed by atoms with Gasteiger partial charge in [-0.15, -0.1) is 0 Å². The van der Waals surface area contributed by atoms with Gasteiger partial charge in [-0.25, -0.2) is 0 Å². The van der Waals surface area contributed by atoms with Crippen molar-refractivity contribution >= 4 is 23.0 Å². The van der Waals surface area contributed by atoms with Crippen LogP contribution in [0.2, 0.25) is 0 Å². The Morgan fingerprint density at radius 1 is 0.732 bits per heavy atom. The number of aromatic nitrogens is 2. The molecule has 2 N–H and O–H groups in total. The molecule has 0 fully saturated rings. The van der Waals surface area contributed by atoms with Crippen molar-refractivity contribution in [1.29, 1.82) is 0 Å². The first kappa shape index (κ1) is 41.2. The Bertz CT molecular complexity index is 1090. The monoisotopic (exact) mass is 641 g/mol. The fourth-order valence-corrected chi connectivity index (χ4v) is 1.80. The van der Waals surface area contributed by atoms with E-state index >= 15 is 0 Å². The van der Waals surface area contributed by atoms with E-state index in [9.17, 15) is 46.1 Å². The van der Waals surface area contributed by atoms with E-state index in [1.54, 1.807) is 50.8 Å². The molecule has 41 heavy (non-hydrogen) atoms. The molecule has 0 unspecified atom stereocenters.